The van der Waals surface area contributed by atoms with Gasteiger partial charge in [-0.05, 0) is 67.1 Å². The standard InChI is InChI=1S/C38H23N3S/c1-23-14-17-28-27-9-4-6-11-32(27)41(34(28)20-23)33-12-7-13-37-38(33)30-22-25(16-19-36(30)42-37)40-31-10-5-3-8-26(31)29-18-15-24(39-2)21-35(29)40/h3-22H,1H3. The van der Waals surface area contributed by atoms with Gasteiger partial charge in [0.05, 0.1) is 28.8 Å². The van der Waals surface area contributed by atoms with Gasteiger partial charge in [0.25, 0.3) is 0 Å². The first-order valence-electron chi connectivity index (χ1n) is 14.1. The normalized spacial score (nSPS) is 11.9. The summed E-state index contributed by atoms with van der Waals surface area (Å²) in [7, 11) is 0. The third kappa shape index (κ3) is 3.14. The molecule has 42 heavy (non-hydrogen) atoms. The summed E-state index contributed by atoms with van der Waals surface area (Å²) >= 11 is 1.84. The van der Waals surface area contributed by atoms with Gasteiger partial charge in [-0.1, -0.05) is 66.7 Å². The Morgan fingerprint density at radius 2 is 1.24 bits per heavy atom. The summed E-state index contributed by atoms with van der Waals surface area (Å²) in [6.07, 6.45) is 0. The Labute approximate surface area is 245 Å². The molecule has 0 unspecified atom stereocenters. The van der Waals surface area contributed by atoms with Crippen LogP contribution in [0.15, 0.2) is 121 Å². The van der Waals surface area contributed by atoms with E-state index in [9.17, 15) is 0 Å². The van der Waals surface area contributed by atoms with Gasteiger partial charge in [-0.25, -0.2) is 4.85 Å². The molecule has 0 N–H and O–H groups in total. The minimum absolute atomic E-state index is 0.651. The zero-order valence-corrected chi connectivity index (χ0v) is 23.6. The molecular weight excluding hydrogens is 531 g/mol. The average Bonchev–Trinajstić information content (AvgIpc) is 3.67. The van der Waals surface area contributed by atoms with Gasteiger partial charge in [0.15, 0.2) is 5.69 Å². The highest BCUT2D eigenvalue weighted by molar-refractivity contribution is 7.25. The van der Waals surface area contributed by atoms with Gasteiger partial charge in [0.2, 0.25) is 0 Å². The maximum Gasteiger partial charge on any atom is 0.189 e. The summed E-state index contributed by atoms with van der Waals surface area (Å²) in [5.41, 5.74) is 8.85. The van der Waals surface area contributed by atoms with Crippen molar-refractivity contribution in [1.82, 2.24) is 9.13 Å². The number of hydrogen-bond acceptors (Lipinski definition) is 1. The Hall–Kier alpha value is -5.37. The zero-order chi connectivity index (χ0) is 27.9. The van der Waals surface area contributed by atoms with Crippen molar-refractivity contribution >= 4 is 80.8 Å². The largest absolute Gasteiger partial charge is 0.310 e. The first-order chi connectivity index (χ1) is 20.7. The van der Waals surface area contributed by atoms with E-state index in [1.165, 1.54) is 58.6 Å². The second-order valence-corrected chi connectivity index (χ2v) is 12.1. The van der Waals surface area contributed by atoms with Crippen LogP contribution in [0.3, 0.4) is 0 Å². The van der Waals surface area contributed by atoms with Crippen LogP contribution in [0, 0.1) is 13.5 Å². The van der Waals surface area contributed by atoms with Crippen molar-refractivity contribution < 1.29 is 0 Å². The lowest BCUT2D eigenvalue weighted by Gasteiger charge is -2.12. The lowest BCUT2D eigenvalue weighted by molar-refractivity contribution is 1.19. The second kappa shape index (κ2) is 8.57. The summed E-state index contributed by atoms with van der Waals surface area (Å²) in [5.74, 6) is 0. The summed E-state index contributed by atoms with van der Waals surface area (Å²) in [6.45, 7) is 9.81. The molecule has 3 heterocycles. The van der Waals surface area contributed by atoms with E-state index in [1.807, 2.05) is 23.5 Å². The van der Waals surface area contributed by atoms with E-state index in [0.29, 0.717) is 5.69 Å². The van der Waals surface area contributed by atoms with Gasteiger partial charge in [-0.2, -0.15) is 0 Å². The van der Waals surface area contributed by atoms with E-state index in [4.69, 9.17) is 6.57 Å². The maximum absolute atomic E-state index is 7.64. The van der Waals surface area contributed by atoms with Crippen molar-refractivity contribution in [2.24, 2.45) is 0 Å². The molecule has 0 saturated heterocycles. The molecule has 0 bridgehead atoms. The number of aryl methyl sites for hydroxylation is 1. The van der Waals surface area contributed by atoms with Gasteiger partial charge in [0, 0.05) is 52.9 Å². The molecule has 0 saturated carbocycles. The maximum atomic E-state index is 7.64. The fraction of sp³-hybridized carbons (Fsp3) is 0.0263. The molecule has 9 aromatic rings. The van der Waals surface area contributed by atoms with Crippen molar-refractivity contribution in [2.45, 2.75) is 6.92 Å². The topological polar surface area (TPSA) is 14.2 Å². The molecule has 3 aromatic heterocycles. The van der Waals surface area contributed by atoms with Crippen LogP contribution in [0.4, 0.5) is 5.69 Å². The van der Waals surface area contributed by atoms with Crippen LogP contribution in [0.2, 0.25) is 0 Å². The smallest absolute Gasteiger partial charge is 0.189 e. The summed E-state index contributed by atoms with van der Waals surface area (Å²) < 4.78 is 7.30. The van der Waals surface area contributed by atoms with Crippen LogP contribution in [0.25, 0.3) is 80.0 Å². The van der Waals surface area contributed by atoms with Crippen molar-refractivity contribution in [1.29, 1.82) is 0 Å². The van der Waals surface area contributed by atoms with E-state index >= 15 is 0 Å². The molecule has 0 atom stereocenters. The third-order valence-corrected chi connectivity index (χ3v) is 9.71. The Kier molecular flexibility index (Phi) is 4.76. The summed E-state index contributed by atoms with van der Waals surface area (Å²) in [6, 6.07) is 43.5. The number of hydrogen-bond donors (Lipinski definition) is 0. The number of thiophene rings is 1. The Bertz CT molecular complexity index is 2600. The predicted molar refractivity (Wildman–Crippen MR) is 179 cm³/mol. The first kappa shape index (κ1) is 23.3. The van der Waals surface area contributed by atoms with Crippen molar-refractivity contribution in [3.05, 3.63) is 138 Å². The molecule has 0 aliphatic rings. The molecule has 9 rings (SSSR count). The molecule has 0 aliphatic heterocycles. The van der Waals surface area contributed by atoms with E-state index < -0.39 is 0 Å². The van der Waals surface area contributed by atoms with Crippen LogP contribution in [0.1, 0.15) is 5.56 Å². The lowest BCUT2D eigenvalue weighted by Crippen LogP contribution is -1.95. The fourth-order valence-corrected chi connectivity index (χ4v) is 7.88. The van der Waals surface area contributed by atoms with Gasteiger partial charge in [0.1, 0.15) is 0 Å². The van der Waals surface area contributed by atoms with Crippen LogP contribution in [0.5, 0.6) is 0 Å². The monoisotopic (exact) mass is 553 g/mol. The highest BCUT2D eigenvalue weighted by Crippen LogP contribution is 2.43. The lowest BCUT2D eigenvalue weighted by atomic mass is 10.1. The van der Waals surface area contributed by atoms with Crippen LogP contribution < -0.4 is 0 Å². The van der Waals surface area contributed by atoms with E-state index in [-0.39, 0.29) is 0 Å². The molecule has 0 radical (unpaired) electrons. The minimum Gasteiger partial charge on any atom is -0.310 e. The number of benzene rings is 6. The molecule has 3 nitrogen and oxygen atoms in total. The van der Waals surface area contributed by atoms with Gasteiger partial charge in [-0.15, -0.1) is 11.3 Å². The third-order valence-electron chi connectivity index (χ3n) is 8.57. The van der Waals surface area contributed by atoms with Crippen LogP contribution in [-0.4, -0.2) is 9.13 Å². The predicted octanol–water partition coefficient (Wildman–Crippen LogP) is 11.1. The molecule has 4 heteroatoms. The van der Waals surface area contributed by atoms with Crippen LogP contribution in [-0.2, 0) is 0 Å². The number of rotatable bonds is 2. The first-order valence-corrected chi connectivity index (χ1v) is 14.9. The number of nitrogens with zero attached hydrogens (tertiary/aromatic N) is 3. The SMILES string of the molecule is [C-]#[N+]c1ccc2c3ccccc3n(-c3ccc4sc5cccc(-n6c7ccccc7c7ccc(C)cc76)c5c4c3)c2c1. The molecule has 6 aromatic carbocycles. The summed E-state index contributed by atoms with van der Waals surface area (Å²) in [5, 5.41) is 7.41. The quantitative estimate of drug-likeness (QED) is 0.189. The van der Waals surface area contributed by atoms with E-state index in [2.05, 4.69) is 130 Å². The minimum atomic E-state index is 0.651. The average molecular weight is 554 g/mol. The highest BCUT2D eigenvalue weighted by Gasteiger charge is 2.18. The number of fused-ring (bicyclic) bond motifs is 9. The Balaban J connectivity index is 1.39. The summed E-state index contributed by atoms with van der Waals surface area (Å²) in [4.78, 5) is 3.74. The van der Waals surface area contributed by atoms with E-state index in [0.717, 1.165) is 22.1 Å². The Morgan fingerprint density at radius 3 is 2.02 bits per heavy atom. The van der Waals surface area contributed by atoms with Gasteiger partial charge < -0.3 is 9.13 Å². The molecule has 0 fully saturated rings. The second-order valence-electron chi connectivity index (χ2n) is 11.0. The molecule has 0 amide bonds. The fourth-order valence-electron chi connectivity index (χ4n) is 6.77. The van der Waals surface area contributed by atoms with Gasteiger partial charge >= 0.3 is 0 Å². The molecular formula is C38H23N3S. The van der Waals surface area contributed by atoms with Crippen molar-refractivity contribution in [3.8, 4) is 11.4 Å². The molecule has 0 aliphatic carbocycles. The number of aromatic nitrogens is 2. The van der Waals surface area contributed by atoms with Gasteiger partial charge in [-0.3, -0.25) is 0 Å². The van der Waals surface area contributed by atoms with E-state index in [1.54, 1.807) is 0 Å². The Morgan fingerprint density at radius 1 is 0.548 bits per heavy atom. The highest BCUT2D eigenvalue weighted by atomic mass is 32.1. The molecule has 0 spiro atoms. The molecule has 196 valence electrons. The van der Waals surface area contributed by atoms with Crippen molar-refractivity contribution in [3.63, 3.8) is 0 Å². The number of para-hydroxylation sites is 2. The zero-order valence-electron chi connectivity index (χ0n) is 22.8. The van der Waals surface area contributed by atoms with Crippen LogP contribution >= 0.6 is 11.3 Å². The van der Waals surface area contributed by atoms with Crippen molar-refractivity contribution in [2.75, 3.05) is 0 Å².